The number of hydrogen-bond acceptors (Lipinski definition) is 5. The minimum absolute atomic E-state index is 0. The Labute approximate surface area is 203 Å². The smallest absolute Gasteiger partial charge is 0.550 e. The molecule has 1 aliphatic heterocycles. The maximum atomic E-state index is 15.0. The third-order valence-electron chi connectivity index (χ3n) is 5.76. The Morgan fingerprint density at radius 1 is 1.42 bits per heavy atom. The molecule has 0 amide bonds. The zero-order valence-corrected chi connectivity index (χ0v) is 19.8. The van der Waals surface area contributed by atoms with Crippen LogP contribution in [0, 0.1) is 18.8 Å². The summed E-state index contributed by atoms with van der Waals surface area (Å²) in [6.45, 7) is 1.95. The van der Waals surface area contributed by atoms with Gasteiger partial charge in [0, 0.05) is 24.7 Å². The number of halogens is 2. The molecule has 164 valence electrons. The molecule has 5 atom stereocenters. The van der Waals surface area contributed by atoms with Crippen molar-refractivity contribution in [3.05, 3.63) is 59.4 Å². The monoisotopic (exact) mass is 444 g/mol. The first-order valence-corrected chi connectivity index (χ1v) is 10.2. The van der Waals surface area contributed by atoms with Gasteiger partial charge in [-0.1, -0.05) is 42.0 Å². The number of benzene rings is 1. The Bertz CT molecular complexity index is 826. The van der Waals surface area contributed by atoms with Gasteiger partial charge in [0.15, 0.2) is 5.76 Å². The number of unbranched alkanes of at least 4 members (excludes halogenated alkanes) is 1. The van der Waals surface area contributed by atoms with Crippen molar-refractivity contribution in [2.75, 3.05) is 0 Å². The van der Waals surface area contributed by atoms with Crippen LogP contribution < -0.4 is 34.7 Å². The van der Waals surface area contributed by atoms with Crippen molar-refractivity contribution in [3.63, 3.8) is 0 Å². The zero-order chi connectivity index (χ0) is 21.9. The number of hydrogen-bond donors (Lipinski definition) is 2. The fourth-order valence-electron chi connectivity index (χ4n) is 4.35. The summed E-state index contributed by atoms with van der Waals surface area (Å²) in [5.41, 5.74) is 2.01. The van der Waals surface area contributed by atoms with Crippen molar-refractivity contribution in [2.24, 2.45) is 11.8 Å². The summed E-state index contributed by atoms with van der Waals surface area (Å²) in [7, 11) is 0. The summed E-state index contributed by atoms with van der Waals surface area (Å²) in [5.74, 6) is -7.00. The average Bonchev–Trinajstić information content (AvgIpc) is 3.09. The molecule has 0 spiro atoms. The van der Waals surface area contributed by atoms with Gasteiger partial charge in [-0.3, -0.25) is 0 Å². The van der Waals surface area contributed by atoms with Crippen molar-refractivity contribution in [1.82, 2.24) is 0 Å². The van der Waals surface area contributed by atoms with Gasteiger partial charge in [-0.25, -0.2) is 0 Å². The Kier molecular flexibility index (Phi) is 9.27. The molecule has 2 N–H and O–H groups in total. The van der Waals surface area contributed by atoms with Gasteiger partial charge < -0.3 is 24.9 Å². The Balaban J connectivity index is 0.00000341. The predicted molar refractivity (Wildman–Crippen MR) is 104 cm³/mol. The first-order chi connectivity index (χ1) is 14.2. The van der Waals surface area contributed by atoms with E-state index in [4.69, 9.17) is 4.74 Å². The molecule has 0 radical (unpaired) electrons. The molecule has 2 aliphatic rings. The van der Waals surface area contributed by atoms with Crippen LogP contribution in [0.1, 0.15) is 36.8 Å². The topological polar surface area (TPSA) is 89.8 Å². The van der Waals surface area contributed by atoms with Crippen molar-refractivity contribution in [3.8, 4) is 0 Å². The Hall–Kier alpha value is -1.25. The molecule has 31 heavy (non-hydrogen) atoms. The largest absolute Gasteiger partial charge is 1.00 e. The van der Waals surface area contributed by atoms with E-state index >= 15 is 0 Å². The predicted octanol–water partition coefficient (Wildman–Crippen LogP) is -0.706. The molecule has 5 nitrogen and oxygen atoms in total. The van der Waals surface area contributed by atoms with E-state index in [0.29, 0.717) is 6.42 Å². The van der Waals surface area contributed by atoms with E-state index < -0.39 is 47.8 Å². The number of alkyl halides is 2. The second-order valence-electron chi connectivity index (χ2n) is 8.16. The summed E-state index contributed by atoms with van der Waals surface area (Å²) < 4.78 is 35.3. The second-order valence-corrected chi connectivity index (χ2v) is 8.16. The van der Waals surface area contributed by atoms with Crippen LogP contribution in [0.3, 0.4) is 0 Å². The molecular formula is C23H27F2NaO5. The van der Waals surface area contributed by atoms with Crippen molar-refractivity contribution in [2.45, 2.75) is 63.3 Å². The maximum Gasteiger partial charge on any atom is 1.00 e. The average molecular weight is 444 g/mol. The van der Waals surface area contributed by atoms with Crippen LogP contribution in [0.4, 0.5) is 8.78 Å². The first kappa shape index (κ1) is 26.0. The van der Waals surface area contributed by atoms with Crippen LogP contribution in [-0.4, -0.2) is 40.4 Å². The number of aliphatic hydroxyl groups excluding tert-OH is 2. The molecule has 1 saturated heterocycles. The molecule has 3 rings (SSSR count). The number of carbonyl (C=O) groups excluding carboxylic acids is 1. The summed E-state index contributed by atoms with van der Waals surface area (Å²) in [4.78, 5) is 10.5. The zero-order valence-electron chi connectivity index (χ0n) is 17.8. The maximum absolute atomic E-state index is 15.0. The quantitative estimate of drug-likeness (QED) is 0.314. The number of rotatable bonds is 8. The molecule has 1 aromatic carbocycles. The van der Waals surface area contributed by atoms with Gasteiger partial charge in [0.25, 0.3) is 0 Å². The van der Waals surface area contributed by atoms with Crippen LogP contribution in [0.2, 0.25) is 0 Å². The van der Waals surface area contributed by atoms with Crippen molar-refractivity contribution < 1.29 is 63.2 Å². The van der Waals surface area contributed by atoms with Crippen LogP contribution in [0.25, 0.3) is 0 Å². The number of aliphatic carboxylic acids is 1. The number of carboxylic acids is 1. The van der Waals surface area contributed by atoms with Crippen LogP contribution in [0.15, 0.2) is 48.3 Å². The molecule has 1 saturated carbocycles. The fourth-order valence-corrected chi connectivity index (χ4v) is 4.35. The number of carboxylic acid groups (broad SMARTS) is 1. The van der Waals surface area contributed by atoms with Crippen LogP contribution in [0.5, 0.6) is 0 Å². The van der Waals surface area contributed by atoms with Gasteiger partial charge in [-0.2, -0.15) is 8.78 Å². The van der Waals surface area contributed by atoms with E-state index in [-0.39, 0.29) is 55.2 Å². The van der Waals surface area contributed by atoms with Gasteiger partial charge in [-0.15, -0.1) is 0 Å². The number of fused-ring (bicyclic) bond motifs is 1. The third kappa shape index (κ3) is 6.39. The molecular weight excluding hydrogens is 417 g/mol. The summed E-state index contributed by atoms with van der Waals surface area (Å²) in [6, 6.07) is 7.69. The summed E-state index contributed by atoms with van der Waals surface area (Å²) >= 11 is 0. The Morgan fingerprint density at radius 2 is 2.16 bits per heavy atom. The minimum Gasteiger partial charge on any atom is -0.550 e. The summed E-state index contributed by atoms with van der Waals surface area (Å²) in [5, 5.41) is 31.0. The fraction of sp³-hybridized carbons (Fsp3) is 0.522. The molecule has 0 aromatic heterocycles. The third-order valence-corrected chi connectivity index (χ3v) is 5.76. The molecule has 2 fully saturated rings. The number of allylic oxidation sites excluding steroid dienone is 2. The molecule has 1 aromatic rings. The van der Waals surface area contributed by atoms with Crippen LogP contribution >= 0.6 is 0 Å². The normalized spacial score (nSPS) is 28.9. The number of aliphatic hydroxyl groups is 2. The van der Waals surface area contributed by atoms with Crippen molar-refractivity contribution >= 4 is 5.97 Å². The van der Waals surface area contributed by atoms with E-state index in [1.54, 1.807) is 0 Å². The summed E-state index contributed by atoms with van der Waals surface area (Å²) in [6.07, 6.45) is 2.11. The molecule has 0 unspecified atom stereocenters. The number of ether oxygens (including phenoxy) is 1. The second kappa shape index (κ2) is 11.1. The van der Waals surface area contributed by atoms with Gasteiger partial charge >= 0.3 is 35.5 Å². The van der Waals surface area contributed by atoms with Gasteiger partial charge in [0.05, 0.1) is 18.1 Å². The van der Waals surface area contributed by atoms with E-state index in [0.717, 1.165) is 11.1 Å². The Morgan fingerprint density at radius 3 is 2.84 bits per heavy atom. The first-order valence-electron chi connectivity index (χ1n) is 10.2. The van der Waals surface area contributed by atoms with Gasteiger partial charge in [0.2, 0.25) is 0 Å². The van der Waals surface area contributed by atoms with E-state index in [2.05, 4.69) is 0 Å². The standard InChI is InChI=1S/C23H28F2O5.Na/c1-14-5-4-6-15(11-14)12-16(26)9-10-17-18(27)13-19-22(17)23(24,25)20(30-19)7-2-3-8-21(28)29;/h4-7,9-11,16-19,22,26-27H,2-3,8,12-13H2,1H3,(H,28,29);/q;+1/p-1/t16-,17+,18-,19+,22-;/m1./s1. The van der Waals surface area contributed by atoms with E-state index in [9.17, 15) is 28.9 Å². The van der Waals surface area contributed by atoms with Gasteiger partial charge in [0.1, 0.15) is 6.10 Å². The molecule has 1 heterocycles. The van der Waals surface area contributed by atoms with Crippen LogP contribution in [-0.2, 0) is 16.0 Å². The van der Waals surface area contributed by atoms with E-state index in [1.165, 1.54) is 18.2 Å². The molecule has 0 bridgehead atoms. The minimum atomic E-state index is -3.26. The molecule has 1 aliphatic carbocycles. The van der Waals surface area contributed by atoms with Crippen molar-refractivity contribution in [1.29, 1.82) is 0 Å². The van der Waals surface area contributed by atoms with Gasteiger partial charge in [-0.05, 0) is 37.8 Å². The molecule has 8 heteroatoms. The number of aryl methyl sites for hydroxylation is 1. The number of carbonyl (C=O) groups is 1. The van der Waals surface area contributed by atoms with E-state index in [1.807, 2.05) is 31.2 Å². The SMILES string of the molecule is Cc1cccc(C[C@H](O)C=C[C@@H]2[C@@H]3[C@H](C[C@H]2O)OC(=CCCCC(=O)[O-])C3(F)F)c1.[Na+].